The van der Waals surface area contributed by atoms with Gasteiger partial charge in [0, 0.05) is 12.2 Å². The molecule has 0 unspecified atom stereocenters. The van der Waals surface area contributed by atoms with E-state index in [4.69, 9.17) is 10.2 Å². The Kier molecular flexibility index (Phi) is 19.8. The minimum atomic E-state index is -1.26. The molecule has 0 fully saturated rings. The fourth-order valence-corrected chi connectivity index (χ4v) is 2.10. The van der Waals surface area contributed by atoms with Crippen molar-refractivity contribution in [2.75, 3.05) is 26.7 Å². The summed E-state index contributed by atoms with van der Waals surface area (Å²) in [5, 5.41) is 15.6. The predicted molar refractivity (Wildman–Crippen MR) is 83.2 cm³/mol. The Balaban J connectivity index is -0.000000288. The second kappa shape index (κ2) is 15.7. The molecule has 114 valence electrons. The van der Waals surface area contributed by atoms with Gasteiger partial charge in [0.05, 0.1) is 26.7 Å². The maximum absolute atomic E-state index is 9.55. The molecule has 2 N–H and O–H groups in total. The summed E-state index contributed by atoms with van der Waals surface area (Å²) in [6.07, 6.45) is 5.06. The van der Waals surface area contributed by atoms with E-state index in [-0.39, 0.29) is 51.4 Å². The Morgan fingerprint density at radius 2 is 1.10 bits per heavy atom. The van der Waals surface area contributed by atoms with Crippen molar-refractivity contribution in [1.82, 2.24) is 0 Å². The average Bonchev–Trinajstić information content (AvgIpc) is 2.28. The number of quaternary nitrogens is 1. The van der Waals surface area contributed by atoms with Crippen molar-refractivity contribution in [2.45, 2.75) is 40.0 Å². The molecule has 0 aliphatic heterocycles. The fourth-order valence-electron chi connectivity index (χ4n) is 2.10. The normalized spacial score (nSPS) is 10.4. The molecule has 0 rings (SSSR count). The van der Waals surface area contributed by atoms with Crippen LogP contribution < -0.4 is 0 Å². The van der Waals surface area contributed by atoms with E-state index in [0.29, 0.717) is 12.2 Å². The van der Waals surface area contributed by atoms with Crippen molar-refractivity contribution < 1.29 is 24.3 Å². The Morgan fingerprint density at radius 3 is 1.25 bits per heavy atom. The molecule has 0 aromatic rings. The Bertz CT molecular complexity index is 260. The van der Waals surface area contributed by atoms with Gasteiger partial charge in [0.2, 0.25) is 0 Å². The van der Waals surface area contributed by atoms with Gasteiger partial charge in [0.25, 0.3) is 0 Å². The first-order chi connectivity index (χ1) is 8.81. The first-order valence-electron chi connectivity index (χ1n) is 6.78. The minimum absolute atomic E-state index is 0. The SMILES string of the molecule is CCC[N+](C)(CCC)CCC.O=C(O)/C=C\C(=O)O.[KH]. The van der Waals surface area contributed by atoms with Crippen LogP contribution in [0.1, 0.15) is 40.0 Å². The number of aliphatic carboxylic acids is 2. The van der Waals surface area contributed by atoms with Crippen molar-refractivity contribution in [3.8, 4) is 0 Å². The molecular weight excluding hydrogens is 285 g/mol. The quantitative estimate of drug-likeness (QED) is 0.406. The third-order valence-corrected chi connectivity index (χ3v) is 2.66. The molecule has 0 amide bonds. The van der Waals surface area contributed by atoms with E-state index < -0.39 is 11.9 Å². The van der Waals surface area contributed by atoms with Crippen LogP contribution in [-0.2, 0) is 9.59 Å². The third-order valence-electron chi connectivity index (χ3n) is 2.66. The number of carbonyl (C=O) groups is 2. The summed E-state index contributed by atoms with van der Waals surface area (Å²) in [5.41, 5.74) is 0. The molecule has 0 aliphatic rings. The van der Waals surface area contributed by atoms with Crippen molar-refractivity contribution in [3.05, 3.63) is 12.2 Å². The summed E-state index contributed by atoms with van der Waals surface area (Å²) in [6.45, 7) is 10.9. The number of hydrogen-bond donors (Lipinski definition) is 2. The number of carboxylic acids is 2. The molecule has 0 saturated heterocycles. The van der Waals surface area contributed by atoms with Gasteiger partial charge in [0.15, 0.2) is 0 Å². The first kappa shape index (κ1) is 25.2. The second-order valence-electron chi connectivity index (χ2n) is 4.80. The predicted octanol–water partition coefficient (Wildman–Crippen LogP) is 1.73. The van der Waals surface area contributed by atoms with Crippen molar-refractivity contribution in [3.63, 3.8) is 0 Å². The van der Waals surface area contributed by atoms with Gasteiger partial charge < -0.3 is 14.7 Å². The fraction of sp³-hybridized carbons (Fsp3) is 0.714. The number of rotatable bonds is 8. The molecule has 0 bridgehead atoms. The number of nitrogens with zero attached hydrogens (tertiary/aromatic N) is 1. The van der Waals surface area contributed by atoms with Crippen molar-refractivity contribution >= 4 is 63.3 Å². The summed E-state index contributed by atoms with van der Waals surface area (Å²) in [5.74, 6) is -2.51. The van der Waals surface area contributed by atoms with Gasteiger partial charge >= 0.3 is 63.3 Å². The van der Waals surface area contributed by atoms with Gasteiger partial charge in [-0.15, -0.1) is 0 Å². The van der Waals surface area contributed by atoms with E-state index in [9.17, 15) is 9.59 Å². The van der Waals surface area contributed by atoms with E-state index in [2.05, 4.69) is 27.8 Å². The topological polar surface area (TPSA) is 74.6 Å². The average molecular weight is 314 g/mol. The van der Waals surface area contributed by atoms with Crippen LogP contribution >= 0.6 is 0 Å². The molecule has 0 aromatic heterocycles. The maximum atomic E-state index is 9.55. The molecule has 0 heterocycles. The molecule has 0 radical (unpaired) electrons. The summed E-state index contributed by atoms with van der Waals surface area (Å²) < 4.78 is 1.28. The van der Waals surface area contributed by atoms with Gasteiger partial charge in [-0.1, -0.05) is 20.8 Å². The van der Waals surface area contributed by atoms with E-state index in [1.165, 1.54) is 43.4 Å². The standard InChI is InChI=1S/C10H24N.C4H4O4.K.H/c1-5-8-11(4,9-6-2)10-7-3;5-3(6)1-2-4(7)8;;/h5-10H2,1-4H3;1-2H,(H,5,6)(H,7,8);;/q+1;;;/b;2-1-;;. The molecule has 6 heteroatoms. The zero-order chi connectivity index (χ0) is 15.3. The van der Waals surface area contributed by atoms with Crippen LogP contribution in [0.2, 0.25) is 0 Å². The zero-order valence-corrected chi connectivity index (χ0v) is 12.6. The van der Waals surface area contributed by atoms with Gasteiger partial charge in [-0.3, -0.25) is 0 Å². The first-order valence-corrected chi connectivity index (χ1v) is 6.78. The summed E-state index contributed by atoms with van der Waals surface area (Å²) in [7, 11) is 2.39. The van der Waals surface area contributed by atoms with Crippen LogP contribution in [-0.4, -0.2) is 105 Å². The number of hydrogen-bond acceptors (Lipinski definition) is 2. The van der Waals surface area contributed by atoms with Crippen molar-refractivity contribution in [1.29, 1.82) is 0 Å². The molecule has 0 saturated carbocycles. The second-order valence-corrected chi connectivity index (χ2v) is 4.80. The third kappa shape index (κ3) is 18.3. The van der Waals surface area contributed by atoms with Crippen LogP contribution in [0.5, 0.6) is 0 Å². The van der Waals surface area contributed by atoms with Gasteiger partial charge in [-0.2, -0.15) is 0 Å². The van der Waals surface area contributed by atoms with Crippen LogP contribution in [0.3, 0.4) is 0 Å². The van der Waals surface area contributed by atoms with Crippen molar-refractivity contribution in [2.24, 2.45) is 0 Å². The molecule has 0 aromatic carbocycles. The summed E-state index contributed by atoms with van der Waals surface area (Å²) in [6, 6.07) is 0. The Labute approximate surface area is 165 Å². The van der Waals surface area contributed by atoms with Gasteiger partial charge in [-0.25, -0.2) is 9.59 Å². The number of carboxylic acid groups (broad SMARTS) is 2. The molecule has 20 heavy (non-hydrogen) atoms. The van der Waals surface area contributed by atoms with E-state index in [0.717, 1.165) is 0 Å². The molecular formula is C14H29KNO4+. The van der Waals surface area contributed by atoms with Crippen LogP contribution in [0, 0.1) is 0 Å². The molecule has 0 spiro atoms. The van der Waals surface area contributed by atoms with Crippen LogP contribution in [0.4, 0.5) is 0 Å². The van der Waals surface area contributed by atoms with Crippen LogP contribution in [0.25, 0.3) is 0 Å². The van der Waals surface area contributed by atoms with E-state index in [1.54, 1.807) is 0 Å². The summed E-state index contributed by atoms with van der Waals surface area (Å²) in [4.78, 5) is 19.1. The van der Waals surface area contributed by atoms with Crippen LogP contribution in [0.15, 0.2) is 12.2 Å². The monoisotopic (exact) mass is 314 g/mol. The molecule has 0 aliphatic carbocycles. The van der Waals surface area contributed by atoms with E-state index >= 15 is 0 Å². The molecule has 0 atom stereocenters. The van der Waals surface area contributed by atoms with Gasteiger partial charge in [-0.05, 0) is 19.3 Å². The van der Waals surface area contributed by atoms with E-state index in [1.807, 2.05) is 0 Å². The molecule has 5 nitrogen and oxygen atoms in total. The summed E-state index contributed by atoms with van der Waals surface area (Å²) >= 11 is 0. The van der Waals surface area contributed by atoms with Gasteiger partial charge in [0.1, 0.15) is 0 Å². The zero-order valence-electron chi connectivity index (χ0n) is 12.6. The Hall–Kier alpha value is 0.276. The Morgan fingerprint density at radius 1 is 0.850 bits per heavy atom.